The van der Waals surface area contributed by atoms with Gasteiger partial charge in [0.25, 0.3) is 5.91 Å². The lowest BCUT2D eigenvalue weighted by Gasteiger charge is -2.18. The number of ether oxygens (including phenoxy) is 1. The molecule has 6 heteroatoms. The molecule has 0 unspecified atom stereocenters. The Morgan fingerprint density at radius 1 is 1.08 bits per heavy atom. The van der Waals surface area contributed by atoms with Crippen LogP contribution in [0.3, 0.4) is 0 Å². The van der Waals surface area contributed by atoms with Crippen molar-refractivity contribution in [2.45, 2.75) is 26.3 Å². The zero-order valence-electron chi connectivity index (χ0n) is 14.2. The third-order valence-corrected chi connectivity index (χ3v) is 4.45. The van der Waals surface area contributed by atoms with Gasteiger partial charge in [0.1, 0.15) is 6.04 Å². The minimum absolute atomic E-state index is 0.141. The fourth-order valence-corrected chi connectivity index (χ4v) is 3.17. The second-order valence-corrected chi connectivity index (χ2v) is 6.64. The van der Waals surface area contributed by atoms with E-state index in [1.807, 2.05) is 19.9 Å². The molecule has 0 aliphatic rings. The molecule has 1 atom stereocenters. The Labute approximate surface area is 157 Å². The molecule has 0 saturated heterocycles. The molecule has 2 aromatic rings. The molecular formula is C19H19Cl2NO3. The highest BCUT2D eigenvalue weighted by Gasteiger charge is 2.24. The van der Waals surface area contributed by atoms with Gasteiger partial charge in [-0.1, -0.05) is 46.5 Å². The first-order chi connectivity index (χ1) is 11.8. The highest BCUT2D eigenvalue weighted by Crippen LogP contribution is 2.26. The van der Waals surface area contributed by atoms with Crippen LogP contribution in [0, 0.1) is 13.8 Å². The molecule has 25 heavy (non-hydrogen) atoms. The van der Waals surface area contributed by atoms with Crippen LogP contribution in [0.5, 0.6) is 0 Å². The molecule has 0 heterocycles. The van der Waals surface area contributed by atoms with Gasteiger partial charge in [-0.05, 0) is 43.7 Å². The quantitative estimate of drug-likeness (QED) is 0.794. The predicted molar refractivity (Wildman–Crippen MR) is 99.4 cm³/mol. The maximum atomic E-state index is 12.6. The normalized spacial score (nSPS) is 11.7. The molecule has 4 nitrogen and oxygen atoms in total. The van der Waals surface area contributed by atoms with Crippen LogP contribution in [0.1, 0.15) is 27.0 Å². The topological polar surface area (TPSA) is 55.4 Å². The van der Waals surface area contributed by atoms with Crippen molar-refractivity contribution in [2.75, 3.05) is 7.11 Å². The number of methoxy groups -OCH3 is 1. The average molecular weight is 380 g/mol. The van der Waals surface area contributed by atoms with E-state index in [-0.39, 0.29) is 12.3 Å². The lowest BCUT2D eigenvalue weighted by Crippen LogP contribution is -2.43. The van der Waals surface area contributed by atoms with Gasteiger partial charge in [-0.2, -0.15) is 0 Å². The first kappa shape index (κ1) is 19.3. The molecule has 0 saturated carbocycles. The Balaban J connectivity index is 2.26. The Hall–Kier alpha value is -2.04. The van der Waals surface area contributed by atoms with Gasteiger partial charge in [0, 0.05) is 22.0 Å². The van der Waals surface area contributed by atoms with Crippen molar-refractivity contribution in [1.29, 1.82) is 0 Å². The highest BCUT2D eigenvalue weighted by molar-refractivity contribution is 6.36. The van der Waals surface area contributed by atoms with E-state index in [4.69, 9.17) is 27.9 Å². The summed E-state index contributed by atoms with van der Waals surface area (Å²) in [4.78, 5) is 24.7. The lowest BCUT2D eigenvalue weighted by molar-refractivity contribution is -0.142. The molecule has 0 aliphatic heterocycles. The molecular weight excluding hydrogens is 361 g/mol. The second kappa shape index (κ2) is 8.37. The first-order valence-corrected chi connectivity index (χ1v) is 8.47. The number of carbonyl (C=O) groups excluding carboxylic acids is 2. The van der Waals surface area contributed by atoms with Crippen LogP contribution in [0.4, 0.5) is 0 Å². The number of hydrogen-bond acceptors (Lipinski definition) is 3. The third-order valence-electron chi connectivity index (χ3n) is 3.74. The standard InChI is InChI=1S/C19H19Cl2NO3/c1-11-7-12(2)9-13(8-11)18(23)22-17(19(24)25-3)10-14-15(20)5-4-6-16(14)21/h4-9,17H,10H2,1-3H3,(H,22,23)/t17-/m0/s1. The van der Waals surface area contributed by atoms with Crippen LogP contribution in [0.2, 0.25) is 10.0 Å². The largest absolute Gasteiger partial charge is 0.467 e. The number of hydrogen-bond donors (Lipinski definition) is 1. The summed E-state index contributed by atoms with van der Waals surface area (Å²) in [6, 6.07) is 9.69. The predicted octanol–water partition coefficient (Wildman–Crippen LogP) is 4.12. The maximum Gasteiger partial charge on any atom is 0.328 e. The molecule has 0 aromatic heterocycles. The Morgan fingerprint density at radius 3 is 2.16 bits per heavy atom. The van der Waals surface area contributed by atoms with Gasteiger partial charge in [-0.15, -0.1) is 0 Å². The molecule has 0 spiro atoms. The summed E-state index contributed by atoms with van der Waals surface area (Å²) in [7, 11) is 1.27. The summed E-state index contributed by atoms with van der Waals surface area (Å²) in [5.41, 5.74) is 3.00. The van der Waals surface area contributed by atoms with E-state index in [9.17, 15) is 9.59 Å². The molecule has 1 N–H and O–H groups in total. The third kappa shape index (κ3) is 4.97. The van der Waals surface area contributed by atoms with Crippen LogP contribution in [0.25, 0.3) is 0 Å². The zero-order chi connectivity index (χ0) is 18.6. The molecule has 2 rings (SSSR count). The maximum absolute atomic E-state index is 12.6. The van der Waals surface area contributed by atoms with E-state index < -0.39 is 12.0 Å². The monoisotopic (exact) mass is 379 g/mol. The molecule has 0 bridgehead atoms. The second-order valence-electron chi connectivity index (χ2n) is 5.83. The molecule has 132 valence electrons. The van der Waals surface area contributed by atoms with Crippen LogP contribution in [0.15, 0.2) is 36.4 Å². The van der Waals surface area contributed by atoms with Crippen LogP contribution in [-0.4, -0.2) is 25.0 Å². The Kier molecular flexibility index (Phi) is 6.45. The number of carbonyl (C=O) groups is 2. The highest BCUT2D eigenvalue weighted by atomic mass is 35.5. The summed E-state index contributed by atoms with van der Waals surface area (Å²) < 4.78 is 4.81. The summed E-state index contributed by atoms with van der Waals surface area (Å²) >= 11 is 12.3. The average Bonchev–Trinajstić information content (AvgIpc) is 2.55. The smallest absolute Gasteiger partial charge is 0.328 e. The van der Waals surface area contributed by atoms with Crippen molar-refractivity contribution >= 4 is 35.1 Å². The fraction of sp³-hybridized carbons (Fsp3) is 0.263. The fourth-order valence-electron chi connectivity index (χ4n) is 2.61. The number of nitrogens with one attached hydrogen (secondary N) is 1. The first-order valence-electron chi connectivity index (χ1n) is 7.71. The van der Waals surface area contributed by atoms with E-state index in [0.717, 1.165) is 11.1 Å². The van der Waals surface area contributed by atoms with Crippen molar-refractivity contribution in [3.8, 4) is 0 Å². The number of esters is 1. The van der Waals surface area contributed by atoms with Crippen molar-refractivity contribution in [2.24, 2.45) is 0 Å². The van der Waals surface area contributed by atoms with E-state index in [2.05, 4.69) is 5.32 Å². The zero-order valence-corrected chi connectivity index (χ0v) is 15.7. The van der Waals surface area contributed by atoms with Gasteiger partial charge in [0.2, 0.25) is 0 Å². The van der Waals surface area contributed by atoms with Crippen molar-refractivity contribution in [3.63, 3.8) is 0 Å². The Morgan fingerprint density at radius 2 is 1.64 bits per heavy atom. The van der Waals surface area contributed by atoms with E-state index in [0.29, 0.717) is 21.2 Å². The summed E-state index contributed by atoms with van der Waals surface area (Å²) in [5, 5.41) is 3.58. The van der Waals surface area contributed by atoms with Gasteiger partial charge in [0.15, 0.2) is 0 Å². The molecule has 2 aromatic carbocycles. The number of amides is 1. The summed E-state index contributed by atoms with van der Waals surface area (Å²) in [6.45, 7) is 3.82. The van der Waals surface area contributed by atoms with Crippen molar-refractivity contribution < 1.29 is 14.3 Å². The van der Waals surface area contributed by atoms with Gasteiger partial charge in [0.05, 0.1) is 7.11 Å². The number of benzene rings is 2. The summed E-state index contributed by atoms with van der Waals surface area (Å²) in [5.74, 6) is -0.918. The van der Waals surface area contributed by atoms with E-state index in [1.54, 1.807) is 30.3 Å². The van der Waals surface area contributed by atoms with Gasteiger partial charge >= 0.3 is 5.97 Å². The molecule has 1 amide bonds. The Bertz CT molecular complexity index is 765. The van der Waals surface area contributed by atoms with Crippen molar-refractivity contribution in [1.82, 2.24) is 5.32 Å². The van der Waals surface area contributed by atoms with Crippen molar-refractivity contribution in [3.05, 3.63) is 68.7 Å². The number of halogens is 2. The molecule has 0 radical (unpaired) electrons. The van der Waals surface area contributed by atoms with E-state index >= 15 is 0 Å². The molecule has 0 fully saturated rings. The minimum Gasteiger partial charge on any atom is -0.467 e. The lowest BCUT2D eigenvalue weighted by atomic mass is 10.0. The van der Waals surface area contributed by atoms with Gasteiger partial charge < -0.3 is 10.1 Å². The van der Waals surface area contributed by atoms with Gasteiger partial charge in [-0.3, -0.25) is 4.79 Å². The summed E-state index contributed by atoms with van der Waals surface area (Å²) in [6.07, 6.45) is 0.141. The SMILES string of the molecule is COC(=O)[C@H](Cc1c(Cl)cccc1Cl)NC(=O)c1cc(C)cc(C)c1. The number of aryl methyl sites for hydroxylation is 2. The van der Waals surface area contributed by atoms with E-state index in [1.165, 1.54) is 7.11 Å². The minimum atomic E-state index is -0.893. The molecule has 0 aliphatic carbocycles. The van der Waals surface area contributed by atoms with Crippen LogP contribution >= 0.6 is 23.2 Å². The van der Waals surface area contributed by atoms with Crippen LogP contribution < -0.4 is 5.32 Å². The van der Waals surface area contributed by atoms with Gasteiger partial charge in [-0.25, -0.2) is 4.79 Å². The van der Waals surface area contributed by atoms with Crippen LogP contribution in [-0.2, 0) is 16.0 Å². The number of rotatable bonds is 5.